The minimum Gasteiger partial charge on any atom is -0.493 e. The fraction of sp³-hybridized carbons (Fsp3) is 0.167. The molecule has 3 aromatic carbocycles. The van der Waals surface area contributed by atoms with Crippen molar-refractivity contribution in [3.8, 4) is 28.7 Å². The number of hydrogen-bond donors (Lipinski definition) is 1. The van der Waals surface area contributed by atoms with Crippen LogP contribution >= 0.6 is 0 Å². The van der Waals surface area contributed by atoms with Gasteiger partial charge in [-0.2, -0.15) is 0 Å². The molecule has 0 saturated heterocycles. The summed E-state index contributed by atoms with van der Waals surface area (Å²) in [5.41, 5.74) is 3.80. The first-order chi connectivity index (χ1) is 15.1. The molecule has 1 amide bonds. The third-order valence-corrected chi connectivity index (χ3v) is 4.80. The summed E-state index contributed by atoms with van der Waals surface area (Å²) in [6.07, 6.45) is 0.156. The topological polar surface area (TPSA) is 82.8 Å². The Kier molecular flexibility index (Phi) is 5.75. The van der Waals surface area contributed by atoms with Gasteiger partial charge in [0.1, 0.15) is 5.52 Å². The van der Waals surface area contributed by atoms with Crippen molar-refractivity contribution in [2.45, 2.75) is 6.42 Å². The second kappa shape index (κ2) is 8.79. The summed E-state index contributed by atoms with van der Waals surface area (Å²) < 4.78 is 21.8. The number of fused-ring (bicyclic) bond motifs is 1. The van der Waals surface area contributed by atoms with E-state index >= 15 is 0 Å². The fourth-order valence-electron chi connectivity index (χ4n) is 3.32. The van der Waals surface area contributed by atoms with Gasteiger partial charge in [-0.05, 0) is 54.1 Å². The van der Waals surface area contributed by atoms with Crippen LogP contribution in [0.4, 0.5) is 5.69 Å². The van der Waals surface area contributed by atoms with E-state index in [0.29, 0.717) is 28.8 Å². The van der Waals surface area contributed by atoms with E-state index < -0.39 is 0 Å². The first-order valence-electron chi connectivity index (χ1n) is 9.66. The van der Waals surface area contributed by atoms with Crippen LogP contribution in [0.2, 0.25) is 0 Å². The molecule has 0 atom stereocenters. The minimum absolute atomic E-state index is 0.156. The van der Waals surface area contributed by atoms with Crippen LogP contribution in [0, 0.1) is 0 Å². The van der Waals surface area contributed by atoms with E-state index in [9.17, 15) is 4.79 Å². The summed E-state index contributed by atoms with van der Waals surface area (Å²) in [6, 6.07) is 18.5. The monoisotopic (exact) mass is 418 g/mol. The number of methoxy groups -OCH3 is 3. The van der Waals surface area contributed by atoms with E-state index in [1.807, 2.05) is 48.5 Å². The predicted molar refractivity (Wildman–Crippen MR) is 118 cm³/mol. The van der Waals surface area contributed by atoms with Crippen LogP contribution in [-0.2, 0) is 11.2 Å². The van der Waals surface area contributed by atoms with Gasteiger partial charge in [0.2, 0.25) is 17.5 Å². The lowest BCUT2D eigenvalue weighted by molar-refractivity contribution is -0.115. The number of aromatic nitrogens is 1. The van der Waals surface area contributed by atoms with E-state index in [2.05, 4.69) is 10.3 Å². The summed E-state index contributed by atoms with van der Waals surface area (Å²) >= 11 is 0. The Morgan fingerprint density at radius 3 is 2.23 bits per heavy atom. The van der Waals surface area contributed by atoms with Crippen LogP contribution < -0.4 is 19.5 Å². The number of amides is 1. The molecule has 0 aliphatic carbocycles. The molecule has 7 nitrogen and oxygen atoms in total. The zero-order valence-corrected chi connectivity index (χ0v) is 17.5. The van der Waals surface area contributed by atoms with Crippen molar-refractivity contribution in [1.82, 2.24) is 4.98 Å². The van der Waals surface area contributed by atoms with Crippen LogP contribution in [0.25, 0.3) is 22.6 Å². The van der Waals surface area contributed by atoms with Crippen LogP contribution in [0.3, 0.4) is 0 Å². The zero-order valence-electron chi connectivity index (χ0n) is 17.5. The molecular weight excluding hydrogens is 396 g/mol. The summed E-state index contributed by atoms with van der Waals surface area (Å²) in [5, 5.41) is 2.90. The van der Waals surface area contributed by atoms with Gasteiger partial charge in [-0.25, -0.2) is 4.98 Å². The predicted octanol–water partition coefficient (Wildman–Crippen LogP) is 4.70. The molecule has 1 aromatic heterocycles. The van der Waals surface area contributed by atoms with Gasteiger partial charge in [0.15, 0.2) is 17.1 Å². The number of rotatable bonds is 7. The lowest BCUT2D eigenvalue weighted by Crippen LogP contribution is -2.14. The van der Waals surface area contributed by atoms with Crippen molar-refractivity contribution >= 4 is 22.7 Å². The van der Waals surface area contributed by atoms with Gasteiger partial charge in [0, 0.05) is 11.3 Å². The highest BCUT2D eigenvalue weighted by molar-refractivity contribution is 5.92. The average molecular weight is 418 g/mol. The molecule has 1 heterocycles. The molecule has 0 radical (unpaired) electrons. The number of nitrogens with one attached hydrogen (secondary N) is 1. The lowest BCUT2D eigenvalue weighted by Gasteiger charge is -2.14. The number of nitrogens with zero attached hydrogens (tertiary/aromatic N) is 1. The lowest BCUT2D eigenvalue weighted by atomic mass is 10.1. The highest BCUT2D eigenvalue weighted by Gasteiger charge is 2.15. The van der Waals surface area contributed by atoms with Crippen LogP contribution in [-0.4, -0.2) is 32.2 Å². The van der Waals surface area contributed by atoms with E-state index in [1.165, 1.54) is 7.11 Å². The van der Waals surface area contributed by atoms with Gasteiger partial charge in [-0.15, -0.1) is 0 Å². The molecular formula is C24H22N2O5. The number of anilines is 1. The van der Waals surface area contributed by atoms with Gasteiger partial charge in [0.05, 0.1) is 27.8 Å². The summed E-state index contributed by atoms with van der Waals surface area (Å²) in [7, 11) is 4.62. The Bertz CT molecular complexity index is 1160. The SMILES string of the molecule is COc1cc(CC(=O)Nc2ccc(-c3nc4ccccc4o3)cc2)cc(OC)c1OC. The molecule has 4 rings (SSSR count). The van der Waals surface area contributed by atoms with Gasteiger partial charge >= 0.3 is 0 Å². The maximum Gasteiger partial charge on any atom is 0.228 e. The molecule has 0 unspecified atom stereocenters. The Hall–Kier alpha value is -4.00. The number of carbonyl (C=O) groups excluding carboxylic acids is 1. The third-order valence-electron chi connectivity index (χ3n) is 4.80. The number of carbonyl (C=O) groups is 1. The van der Waals surface area contributed by atoms with Crippen LogP contribution in [0.1, 0.15) is 5.56 Å². The Balaban J connectivity index is 1.46. The molecule has 0 aliphatic heterocycles. The normalized spacial score (nSPS) is 10.7. The van der Waals surface area contributed by atoms with Crippen LogP contribution in [0.5, 0.6) is 17.2 Å². The smallest absolute Gasteiger partial charge is 0.228 e. The number of para-hydroxylation sites is 2. The van der Waals surface area contributed by atoms with Crippen molar-refractivity contribution in [3.05, 3.63) is 66.2 Å². The molecule has 0 bridgehead atoms. The van der Waals surface area contributed by atoms with Gasteiger partial charge < -0.3 is 23.9 Å². The van der Waals surface area contributed by atoms with E-state index in [0.717, 1.165) is 22.2 Å². The highest BCUT2D eigenvalue weighted by Crippen LogP contribution is 2.38. The van der Waals surface area contributed by atoms with E-state index in [4.69, 9.17) is 18.6 Å². The van der Waals surface area contributed by atoms with Crippen molar-refractivity contribution in [1.29, 1.82) is 0 Å². The molecule has 0 aliphatic rings. The first kappa shape index (κ1) is 20.3. The molecule has 158 valence electrons. The zero-order chi connectivity index (χ0) is 21.8. The molecule has 7 heteroatoms. The fourth-order valence-corrected chi connectivity index (χ4v) is 3.32. The number of benzene rings is 3. The maximum absolute atomic E-state index is 12.6. The van der Waals surface area contributed by atoms with Crippen molar-refractivity contribution < 1.29 is 23.4 Å². The van der Waals surface area contributed by atoms with E-state index in [-0.39, 0.29) is 12.3 Å². The molecule has 0 fully saturated rings. The summed E-state index contributed by atoms with van der Waals surface area (Å²) in [5.74, 6) is 1.88. The van der Waals surface area contributed by atoms with Crippen LogP contribution in [0.15, 0.2) is 65.1 Å². The summed E-state index contributed by atoms with van der Waals surface area (Å²) in [6.45, 7) is 0. The highest BCUT2D eigenvalue weighted by atomic mass is 16.5. The number of hydrogen-bond acceptors (Lipinski definition) is 6. The largest absolute Gasteiger partial charge is 0.493 e. The minimum atomic E-state index is -0.163. The first-order valence-corrected chi connectivity index (χ1v) is 9.66. The Morgan fingerprint density at radius 1 is 0.935 bits per heavy atom. The second-order valence-electron chi connectivity index (χ2n) is 6.82. The van der Waals surface area contributed by atoms with Gasteiger partial charge in [-0.3, -0.25) is 4.79 Å². The van der Waals surface area contributed by atoms with Crippen molar-refractivity contribution in [3.63, 3.8) is 0 Å². The Labute approximate surface area is 179 Å². The molecule has 31 heavy (non-hydrogen) atoms. The van der Waals surface area contributed by atoms with Gasteiger partial charge in [0.25, 0.3) is 0 Å². The number of ether oxygens (including phenoxy) is 3. The maximum atomic E-state index is 12.6. The Morgan fingerprint density at radius 2 is 1.61 bits per heavy atom. The standard InChI is InChI=1S/C24H22N2O5/c1-28-20-12-15(13-21(29-2)23(20)30-3)14-22(27)25-17-10-8-16(9-11-17)24-26-18-6-4-5-7-19(18)31-24/h4-13H,14H2,1-3H3,(H,25,27). The third kappa shape index (κ3) is 4.30. The quantitative estimate of drug-likeness (QED) is 0.468. The van der Waals surface area contributed by atoms with Crippen molar-refractivity contribution in [2.24, 2.45) is 0 Å². The molecule has 4 aromatic rings. The number of oxazole rings is 1. The van der Waals surface area contributed by atoms with Gasteiger partial charge in [-0.1, -0.05) is 12.1 Å². The average Bonchev–Trinajstić information content (AvgIpc) is 3.23. The molecule has 0 saturated carbocycles. The van der Waals surface area contributed by atoms with E-state index in [1.54, 1.807) is 26.4 Å². The van der Waals surface area contributed by atoms with Crippen molar-refractivity contribution in [2.75, 3.05) is 26.6 Å². The molecule has 1 N–H and O–H groups in total. The summed E-state index contributed by atoms with van der Waals surface area (Å²) in [4.78, 5) is 17.0. The molecule has 0 spiro atoms. The second-order valence-corrected chi connectivity index (χ2v) is 6.82.